The lowest BCUT2D eigenvalue weighted by atomic mass is 9.87. The smallest absolute Gasteiger partial charge is 0.305 e. The van der Waals surface area contributed by atoms with Crippen molar-refractivity contribution in [3.8, 4) is 0 Å². The van der Waals surface area contributed by atoms with Crippen molar-refractivity contribution >= 4 is 11.9 Å². The molecule has 3 aliphatic rings. The van der Waals surface area contributed by atoms with Crippen LogP contribution >= 0.6 is 0 Å². The summed E-state index contributed by atoms with van der Waals surface area (Å²) < 4.78 is 0. The van der Waals surface area contributed by atoms with Crippen molar-refractivity contribution in [2.45, 2.75) is 51.0 Å². The van der Waals surface area contributed by atoms with E-state index in [0.29, 0.717) is 5.92 Å². The number of rotatable bonds is 3. The number of carboxylic acid groups (broad SMARTS) is 1. The molecule has 2 saturated carbocycles. The van der Waals surface area contributed by atoms with Gasteiger partial charge in [-0.05, 0) is 43.9 Å². The molecule has 0 aromatic carbocycles. The first kappa shape index (κ1) is 12.0. The van der Waals surface area contributed by atoms with E-state index in [1.165, 1.54) is 19.3 Å². The number of aliphatic carboxylic acids is 1. The molecule has 3 fully saturated rings. The number of hydrogen-bond donors (Lipinski definition) is 1. The summed E-state index contributed by atoms with van der Waals surface area (Å²) >= 11 is 0. The Labute approximate surface area is 107 Å². The molecule has 1 saturated heterocycles. The van der Waals surface area contributed by atoms with Crippen LogP contribution in [0.1, 0.15) is 44.9 Å². The van der Waals surface area contributed by atoms with Crippen LogP contribution in [-0.2, 0) is 9.59 Å². The van der Waals surface area contributed by atoms with E-state index in [1.807, 2.05) is 4.90 Å². The molecule has 0 aromatic rings. The van der Waals surface area contributed by atoms with E-state index in [0.717, 1.165) is 31.7 Å². The molecule has 4 nitrogen and oxygen atoms in total. The van der Waals surface area contributed by atoms with Gasteiger partial charge in [0.1, 0.15) is 0 Å². The Kier molecular flexibility index (Phi) is 3.04. The first-order valence-corrected chi connectivity index (χ1v) is 7.17. The van der Waals surface area contributed by atoms with E-state index in [9.17, 15) is 9.59 Å². The number of carbonyl (C=O) groups excluding carboxylic acids is 1. The number of carboxylic acids is 1. The summed E-state index contributed by atoms with van der Waals surface area (Å²) in [6.07, 6.45) is 6.73. The normalized spacial score (nSPS) is 38.3. The Morgan fingerprint density at radius 1 is 1.17 bits per heavy atom. The summed E-state index contributed by atoms with van der Waals surface area (Å²) in [5.74, 6) is 1.04. The van der Waals surface area contributed by atoms with Crippen LogP contribution in [0.3, 0.4) is 0 Å². The Bertz CT molecular complexity index is 368. The van der Waals surface area contributed by atoms with Gasteiger partial charge in [-0.2, -0.15) is 0 Å². The second-order valence-electron chi connectivity index (χ2n) is 6.21. The largest absolute Gasteiger partial charge is 0.481 e. The minimum absolute atomic E-state index is 0.0471. The van der Waals surface area contributed by atoms with Crippen molar-refractivity contribution in [2.75, 3.05) is 6.54 Å². The third kappa shape index (κ3) is 2.02. The Balaban J connectivity index is 1.66. The van der Waals surface area contributed by atoms with Crippen LogP contribution in [-0.4, -0.2) is 34.5 Å². The molecule has 4 atom stereocenters. The number of likely N-dealkylation sites (tertiary alicyclic amines) is 1. The molecular formula is C14H21NO3. The highest BCUT2D eigenvalue weighted by Crippen LogP contribution is 2.49. The average Bonchev–Trinajstić information content (AvgIpc) is 3.01. The minimum Gasteiger partial charge on any atom is -0.481 e. The predicted molar refractivity (Wildman–Crippen MR) is 65.9 cm³/mol. The summed E-state index contributed by atoms with van der Waals surface area (Å²) in [6.45, 7) is 0.769. The molecule has 0 radical (unpaired) electrons. The number of fused-ring (bicyclic) bond motifs is 2. The molecule has 1 aliphatic heterocycles. The Hall–Kier alpha value is -1.06. The van der Waals surface area contributed by atoms with E-state index in [2.05, 4.69) is 0 Å². The molecular weight excluding hydrogens is 230 g/mol. The maximum absolute atomic E-state index is 12.6. The summed E-state index contributed by atoms with van der Waals surface area (Å²) in [7, 11) is 0. The van der Waals surface area contributed by atoms with E-state index in [-0.39, 0.29) is 24.3 Å². The molecule has 18 heavy (non-hydrogen) atoms. The van der Waals surface area contributed by atoms with Crippen molar-refractivity contribution in [3.63, 3.8) is 0 Å². The van der Waals surface area contributed by atoms with Gasteiger partial charge in [-0.25, -0.2) is 0 Å². The highest BCUT2D eigenvalue weighted by atomic mass is 16.4. The summed E-state index contributed by atoms with van der Waals surface area (Å²) in [4.78, 5) is 25.3. The van der Waals surface area contributed by atoms with Gasteiger partial charge in [-0.15, -0.1) is 0 Å². The topological polar surface area (TPSA) is 57.6 Å². The van der Waals surface area contributed by atoms with Gasteiger partial charge in [-0.1, -0.05) is 6.42 Å². The van der Waals surface area contributed by atoms with Crippen LogP contribution in [0.4, 0.5) is 0 Å². The van der Waals surface area contributed by atoms with Crippen LogP contribution in [0.5, 0.6) is 0 Å². The Morgan fingerprint density at radius 3 is 2.61 bits per heavy atom. The number of nitrogens with zero attached hydrogens (tertiary/aromatic N) is 1. The van der Waals surface area contributed by atoms with Gasteiger partial charge in [-0.3, -0.25) is 9.59 Å². The van der Waals surface area contributed by atoms with Gasteiger partial charge in [0.25, 0.3) is 0 Å². The number of carbonyl (C=O) groups is 2. The van der Waals surface area contributed by atoms with Crippen LogP contribution in [0.2, 0.25) is 0 Å². The third-order valence-corrected chi connectivity index (χ3v) is 5.13. The van der Waals surface area contributed by atoms with Crippen molar-refractivity contribution < 1.29 is 14.7 Å². The average molecular weight is 251 g/mol. The fraction of sp³-hybridized carbons (Fsp3) is 0.857. The van der Waals surface area contributed by atoms with E-state index >= 15 is 0 Å². The molecule has 1 amide bonds. The number of hydrogen-bond acceptors (Lipinski definition) is 2. The summed E-state index contributed by atoms with van der Waals surface area (Å²) in [5.41, 5.74) is 0. The molecule has 4 heteroatoms. The molecule has 0 aromatic heterocycles. The van der Waals surface area contributed by atoms with E-state index < -0.39 is 5.97 Å². The molecule has 4 unspecified atom stereocenters. The van der Waals surface area contributed by atoms with E-state index in [4.69, 9.17) is 5.11 Å². The van der Waals surface area contributed by atoms with Crippen LogP contribution < -0.4 is 0 Å². The molecule has 2 aliphatic carbocycles. The van der Waals surface area contributed by atoms with Crippen LogP contribution in [0.25, 0.3) is 0 Å². The van der Waals surface area contributed by atoms with Crippen molar-refractivity contribution in [1.82, 2.24) is 4.90 Å². The minimum atomic E-state index is -0.785. The van der Waals surface area contributed by atoms with Crippen LogP contribution in [0, 0.1) is 17.8 Å². The van der Waals surface area contributed by atoms with E-state index in [1.54, 1.807) is 0 Å². The summed E-state index contributed by atoms with van der Waals surface area (Å²) in [5, 5.41) is 8.91. The molecule has 1 heterocycles. The first-order valence-electron chi connectivity index (χ1n) is 7.17. The SMILES string of the molecule is O=C(O)CC1CCCN1C(=O)C1CC2CCC1C2. The van der Waals surface area contributed by atoms with Crippen molar-refractivity contribution in [1.29, 1.82) is 0 Å². The second-order valence-corrected chi connectivity index (χ2v) is 6.21. The quantitative estimate of drug-likeness (QED) is 0.833. The van der Waals surface area contributed by atoms with Gasteiger partial charge in [0.15, 0.2) is 0 Å². The van der Waals surface area contributed by atoms with Crippen LogP contribution in [0.15, 0.2) is 0 Å². The Morgan fingerprint density at radius 2 is 2.00 bits per heavy atom. The van der Waals surface area contributed by atoms with Crippen molar-refractivity contribution in [3.05, 3.63) is 0 Å². The zero-order valence-corrected chi connectivity index (χ0v) is 10.7. The third-order valence-electron chi connectivity index (χ3n) is 5.13. The van der Waals surface area contributed by atoms with Gasteiger partial charge < -0.3 is 10.0 Å². The predicted octanol–water partition coefficient (Wildman–Crippen LogP) is 1.89. The lowest BCUT2D eigenvalue weighted by Gasteiger charge is -2.30. The maximum atomic E-state index is 12.6. The van der Waals surface area contributed by atoms with Gasteiger partial charge in [0.2, 0.25) is 5.91 Å². The first-order chi connectivity index (χ1) is 8.65. The fourth-order valence-electron chi connectivity index (χ4n) is 4.30. The van der Waals surface area contributed by atoms with Gasteiger partial charge in [0.05, 0.1) is 6.42 Å². The highest BCUT2D eigenvalue weighted by Gasteiger charge is 2.46. The molecule has 2 bridgehead atoms. The fourth-order valence-corrected chi connectivity index (χ4v) is 4.30. The molecule has 1 N–H and O–H groups in total. The molecule has 3 rings (SSSR count). The maximum Gasteiger partial charge on any atom is 0.305 e. The van der Waals surface area contributed by atoms with Gasteiger partial charge >= 0.3 is 5.97 Å². The standard InChI is InChI=1S/C14H21NO3/c16-13(17)8-11-2-1-5-15(11)14(18)12-7-9-3-4-10(12)6-9/h9-12H,1-8H2,(H,16,17). The lowest BCUT2D eigenvalue weighted by Crippen LogP contribution is -2.42. The zero-order chi connectivity index (χ0) is 12.7. The summed E-state index contributed by atoms with van der Waals surface area (Å²) in [6, 6.07) is -0.0471. The monoisotopic (exact) mass is 251 g/mol. The lowest BCUT2D eigenvalue weighted by molar-refractivity contribution is -0.142. The zero-order valence-electron chi connectivity index (χ0n) is 10.7. The van der Waals surface area contributed by atoms with Crippen molar-refractivity contribution in [2.24, 2.45) is 17.8 Å². The van der Waals surface area contributed by atoms with Gasteiger partial charge in [0, 0.05) is 18.5 Å². The highest BCUT2D eigenvalue weighted by molar-refractivity contribution is 5.81. The second kappa shape index (κ2) is 4.56. The molecule has 100 valence electrons. The molecule has 0 spiro atoms. The number of amides is 1.